The van der Waals surface area contributed by atoms with E-state index in [9.17, 15) is 0 Å². The van der Waals surface area contributed by atoms with Crippen molar-refractivity contribution in [2.24, 2.45) is 5.41 Å². The Morgan fingerprint density at radius 3 is 1.18 bits per heavy atom. The number of furan rings is 2. The molecule has 0 unspecified atom stereocenters. The Morgan fingerprint density at radius 2 is 0.770 bits per heavy atom. The smallest absolute Gasteiger partial charge is 0.121 e. The zero-order chi connectivity index (χ0) is 107. The number of benzene rings is 14. The summed E-state index contributed by atoms with van der Waals surface area (Å²) in [6, 6.07) is 98.0. The molecule has 6 heterocycles. The Kier molecular flexibility index (Phi) is 19.0. The third-order valence-electron chi connectivity index (χ3n) is 22.7. The normalized spacial score (nSPS) is 15.3. The van der Waals surface area contributed by atoms with Crippen molar-refractivity contribution in [2.45, 2.75) is 140 Å². The maximum absolute atomic E-state index is 8.93. The van der Waals surface area contributed by atoms with E-state index < -0.39 is 71.5 Å². The molecule has 0 aliphatic heterocycles. The Balaban J connectivity index is 0.000000154. The van der Waals surface area contributed by atoms with Crippen molar-refractivity contribution in [3.05, 3.63) is 384 Å². The first-order valence-corrected chi connectivity index (χ1v) is 41.6. The summed E-state index contributed by atoms with van der Waals surface area (Å²) in [5.41, 5.74) is 12.3. The topological polar surface area (TPSA) is 77.8 Å². The SMILES string of the molecule is [2H]C([2H])([2H])c1c[c-]c(-c2ccc(C([2H])([2H])C(C)(C)C)cn2)cc1-c1ccccc1.[2H]C([2H])([2H])c1ccc(-c2[c-]cc(C([2H])([2H])[2H])c(-c3ccccc3)c2)nc1.[2H]C([2H])([2H])c1cnc(-c2[c-]ccc3c2oc2cc4c(ccc5ccccc54)cc23)cc1-c1ccc(C([2H])(CC)CC)cc1C([2H])([2H])[2H].[2H]C([2H])([2H])c1cnc(-c2[c-]ccc3c2oc2cc4c(ccc5ccccc54)cc23)cc1-c1ccc(C([2H])(CC)CC)cc1C([2H])([2H])[2H].[Ir].[Ir]. The molecule has 0 saturated heterocycles. The number of nitrogens with zero attached hydrogens (tertiary/aromatic N) is 4. The monoisotopic (exact) mass is 2020 g/mol. The fourth-order valence-corrected chi connectivity index (χ4v) is 16.4. The van der Waals surface area contributed by atoms with Gasteiger partial charge in [0, 0.05) is 110 Å². The molecule has 0 bridgehead atoms. The van der Waals surface area contributed by atoms with Gasteiger partial charge in [0.15, 0.2) is 0 Å². The van der Waals surface area contributed by atoms with Crippen LogP contribution in [0.5, 0.6) is 0 Å². The molecule has 0 saturated carbocycles. The van der Waals surface area contributed by atoms with E-state index in [2.05, 4.69) is 117 Å². The molecule has 8 heteroatoms. The minimum absolute atomic E-state index is 0. The van der Waals surface area contributed by atoms with Gasteiger partial charge in [-0.1, -0.05) is 301 Å². The van der Waals surface area contributed by atoms with Gasteiger partial charge >= 0.3 is 0 Å². The predicted octanol–water partition coefficient (Wildman–Crippen LogP) is 32.8. The zero-order valence-electron chi connectivity index (χ0n) is 95.5. The summed E-state index contributed by atoms with van der Waals surface area (Å²) in [6.07, 6.45) is 5.97. The standard InChI is InChI=1S/2C38H32NO.C23H24N.C19H16N.2Ir/c2*1-5-25(6-2)27-16-17-29(23(3)18-27)33-20-36(39-22-24(33)4)32-13-9-12-31-35-19-28-15-14-26-10-7-8-11-30(26)34(28)21-37(35)40-38(31)32;1-17-10-12-20(14-21(17)19-8-6-5-7-9-19)22-13-11-18(16-24-22)15-23(2,3)4;1-14-8-11-19(20-13-14)17-10-9-15(2)18(12-17)16-6-4-3-5-7-16;;/h2*7-12,14-22,25H,5-6H2,1-4H3;5-11,13-14,16H,15H2,1-4H3;3-9,11-13H,1-2H3;;/q4*-1;;/i2*3D3,4D3,25D;1D3,15D2;1D3,2D3;;. The van der Waals surface area contributed by atoms with Gasteiger partial charge in [0.05, 0.1) is 11.2 Å². The number of hydrogen-bond donors (Lipinski definition) is 0. The number of fused-ring (bicyclic) bond motifs is 12. The van der Waals surface area contributed by atoms with E-state index in [1.165, 1.54) is 36.8 Å². The van der Waals surface area contributed by atoms with Crippen LogP contribution in [0.3, 0.4) is 0 Å². The minimum Gasteiger partial charge on any atom is -0.501 e. The Bertz CT molecular complexity index is 8100. The van der Waals surface area contributed by atoms with Crippen LogP contribution < -0.4 is 0 Å². The van der Waals surface area contributed by atoms with Gasteiger partial charge in [-0.2, -0.15) is 0 Å². The minimum atomic E-state index is -2.56. The summed E-state index contributed by atoms with van der Waals surface area (Å²) in [5, 5.41) is 12.4. The average Bonchev–Trinajstić information content (AvgIpc) is 1.66. The van der Waals surface area contributed by atoms with Crippen LogP contribution in [0.25, 0.3) is 177 Å². The van der Waals surface area contributed by atoms with Crippen molar-refractivity contribution in [1.29, 1.82) is 0 Å². The van der Waals surface area contributed by atoms with Crippen LogP contribution in [-0.4, -0.2) is 19.9 Å². The predicted molar refractivity (Wildman–Crippen MR) is 523 cm³/mol. The molecule has 6 aromatic heterocycles. The Morgan fingerprint density at radius 1 is 0.341 bits per heavy atom. The van der Waals surface area contributed by atoms with E-state index >= 15 is 0 Å². The van der Waals surface area contributed by atoms with E-state index in [0.29, 0.717) is 121 Å². The van der Waals surface area contributed by atoms with E-state index in [4.69, 9.17) is 43.1 Å². The average molecular weight is 2020 g/mol. The summed E-state index contributed by atoms with van der Waals surface area (Å²) in [7, 11) is 0. The molecular weight excluding hydrogens is 1890 g/mol. The molecule has 0 fully saturated rings. The van der Waals surface area contributed by atoms with E-state index in [1.54, 1.807) is 97.2 Å². The maximum atomic E-state index is 8.93. The third-order valence-corrected chi connectivity index (χ3v) is 22.7. The molecule has 0 N–H and O–H groups in total. The largest absolute Gasteiger partial charge is 0.501 e. The van der Waals surface area contributed by atoms with Crippen LogP contribution in [-0.2, 0) is 46.6 Å². The molecular formula is C118H104Ir2N4O2-4. The third kappa shape index (κ3) is 18.6. The van der Waals surface area contributed by atoms with Gasteiger partial charge in [-0.3, -0.25) is 0 Å². The molecule has 0 atom stereocenters. The first-order chi connectivity index (χ1) is 70.2. The molecule has 0 aliphatic rings. The Labute approximate surface area is 804 Å². The number of pyridine rings is 4. The number of aryl methyl sites for hydroxylation is 7. The van der Waals surface area contributed by atoms with Crippen molar-refractivity contribution in [1.82, 2.24) is 19.9 Å². The van der Waals surface area contributed by atoms with E-state index in [-0.39, 0.29) is 101 Å². The van der Waals surface area contributed by atoms with Crippen molar-refractivity contribution < 1.29 is 83.3 Å². The summed E-state index contributed by atoms with van der Waals surface area (Å²) in [5.74, 6) is -1.92. The molecule has 14 aromatic carbocycles. The number of hydrogen-bond acceptors (Lipinski definition) is 6. The summed E-state index contributed by atoms with van der Waals surface area (Å²) in [4.78, 5) is 17.8. The second-order valence-electron chi connectivity index (χ2n) is 31.8. The van der Waals surface area contributed by atoms with Crippen molar-refractivity contribution in [3.8, 4) is 89.5 Å². The molecule has 6 nitrogen and oxygen atoms in total. The van der Waals surface area contributed by atoms with Crippen LogP contribution in [0.15, 0.2) is 313 Å². The van der Waals surface area contributed by atoms with Gasteiger partial charge in [-0.15, -0.1) is 95.1 Å². The fraction of sp³-hybridized carbons (Fsp3) is 0.186. The molecule has 126 heavy (non-hydrogen) atoms. The Hall–Kier alpha value is -12.4. The number of aromatic nitrogens is 4. The van der Waals surface area contributed by atoms with Crippen LogP contribution in [0.4, 0.5) is 0 Å². The summed E-state index contributed by atoms with van der Waals surface area (Å²) >= 11 is 0. The van der Waals surface area contributed by atoms with E-state index in [0.717, 1.165) is 75.8 Å². The van der Waals surface area contributed by atoms with E-state index in [1.807, 2.05) is 146 Å². The molecule has 20 rings (SSSR count). The number of rotatable bonds is 15. The van der Waals surface area contributed by atoms with Crippen molar-refractivity contribution in [3.63, 3.8) is 0 Å². The first-order valence-electron chi connectivity index (χ1n) is 54.1. The quantitative estimate of drug-likeness (QED) is 0.0752. The summed E-state index contributed by atoms with van der Waals surface area (Å²) in [6.45, 7) is -3.78. The van der Waals surface area contributed by atoms with Crippen LogP contribution >= 0.6 is 0 Å². The van der Waals surface area contributed by atoms with Crippen molar-refractivity contribution >= 4 is 87.0 Å². The molecule has 0 aliphatic carbocycles. The van der Waals surface area contributed by atoms with Crippen molar-refractivity contribution in [2.75, 3.05) is 0 Å². The van der Waals surface area contributed by atoms with Crippen LogP contribution in [0, 0.1) is 77.6 Å². The van der Waals surface area contributed by atoms with Gasteiger partial charge in [0.1, 0.15) is 11.2 Å². The molecule has 0 spiro atoms. The zero-order valence-corrected chi connectivity index (χ0v) is 75.3. The van der Waals surface area contributed by atoms with Gasteiger partial charge in [-0.25, -0.2) is 0 Å². The molecule has 2 radical (unpaired) electrons. The second-order valence-corrected chi connectivity index (χ2v) is 31.8. The van der Waals surface area contributed by atoms with Gasteiger partial charge in [-0.05, 0) is 252 Å². The first kappa shape index (κ1) is 61.9. The second kappa shape index (κ2) is 38.6. The van der Waals surface area contributed by atoms with Crippen LogP contribution in [0.2, 0.25) is 0 Å². The maximum Gasteiger partial charge on any atom is 0.121 e. The molecule has 0 amide bonds. The fourth-order valence-electron chi connectivity index (χ4n) is 16.4. The van der Waals surface area contributed by atoms with Gasteiger partial charge in [0.2, 0.25) is 0 Å². The summed E-state index contributed by atoms with van der Waals surface area (Å²) < 4.78 is 217. The molecule has 20 aromatic rings. The van der Waals surface area contributed by atoms with Gasteiger partial charge < -0.3 is 28.8 Å². The van der Waals surface area contributed by atoms with Gasteiger partial charge in [0.25, 0.3) is 0 Å². The van der Waals surface area contributed by atoms with Crippen LogP contribution in [0.1, 0.15) is 176 Å². The molecule has 630 valence electrons.